The summed E-state index contributed by atoms with van der Waals surface area (Å²) in [6, 6.07) is 26.3. The van der Waals surface area contributed by atoms with Gasteiger partial charge in [0.25, 0.3) is 11.8 Å². The third-order valence-corrected chi connectivity index (χ3v) is 7.06. The summed E-state index contributed by atoms with van der Waals surface area (Å²) in [6.45, 7) is 8.15. The molecule has 178 valence electrons. The van der Waals surface area contributed by atoms with Gasteiger partial charge >= 0.3 is 0 Å². The van der Waals surface area contributed by atoms with Crippen molar-refractivity contribution in [1.82, 2.24) is 9.80 Å². The Morgan fingerprint density at radius 3 is 1.94 bits per heavy atom. The van der Waals surface area contributed by atoms with E-state index in [9.17, 15) is 9.59 Å². The zero-order chi connectivity index (χ0) is 24.4. The Hall–Kier alpha value is -3.86. The average molecular weight is 466 g/mol. The predicted molar refractivity (Wildman–Crippen MR) is 143 cm³/mol. The van der Waals surface area contributed by atoms with Crippen LogP contribution in [-0.2, 0) is 0 Å². The van der Waals surface area contributed by atoms with Crippen molar-refractivity contribution in [2.75, 3.05) is 44.2 Å². The van der Waals surface area contributed by atoms with Crippen molar-refractivity contribution in [2.24, 2.45) is 0 Å². The first-order valence-electron chi connectivity index (χ1n) is 12.4. The number of amides is 2. The standard InChI is InChI=1S/C30H31N3O2/c1-3-31(4-2)29(34)24-12-9-13-25(21-24)32-16-18-33(19-17-32)30(35)28-26-14-7-5-10-22(26)20-23-11-6-8-15-27(23)28/h5-15,20-21H,3-4,16-19H2,1-2H3. The van der Waals surface area contributed by atoms with Crippen molar-refractivity contribution in [3.05, 3.63) is 90.0 Å². The zero-order valence-electron chi connectivity index (χ0n) is 20.4. The Morgan fingerprint density at radius 1 is 0.743 bits per heavy atom. The Morgan fingerprint density at radius 2 is 1.34 bits per heavy atom. The number of carbonyl (C=O) groups is 2. The second-order valence-electron chi connectivity index (χ2n) is 9.00. The minimum absolute atomic E-state index is 0.0634. The van der Waals surface area contributed by atoms with E-state index in [1.54, 1.807) is 0 Å². The van der Waals surface area contributed by atoms with Crippen LogP contribution in [0.5, 0.6) is 0 Å². The van der Waals surface area contributed by atoms with Gasteiger partial charge in [-0.15, -0.1) is 0 Å². The number of rotatable bonds is 5. The quantitative estimate of drug-likeness (QED) is 0.369. The monoisotopic (exact) mass is 465 g/mol. The number of nitrogens with zero attached hydrogens (tertiary/aromatic N) is 3. The van der Waals surface area contributed by atoms with Gasteiger partial charge in [-0.2, -0.15) is 0 Å². The van der Waals surface area contributed by atoms with Crippen LogP contribution < -0.4 is 4.90 Å². The van der Waals surface area contributed by atoms with Crippen molar-refractivity contribution in [2.45, 2.75) is 13.8 Å². The van der Waals surface area contributed by atoms with Gasteiger partial charge in [0.05, 0.1) is 5.56 Å². The van der Waals surface area contributed by atoms with Crippen LogP contribution in [0.25, 0.3) is 21.5 Å². The molecule has 5 heteroatoms. The van der Waals surface area contributed by atoms with Gasteiger partial charge in [-0.3, -0.25) is 9.59 Å². The molecule has 5 rings (SSSR count). The smallest absolute Gasteiger partial charge is 0.255 e. The van der Waals surface area contributed by atoms with Gasteiger partial charge in [-0.25, -0.2) is 0 Å². The van der Waals surface area contributed by atoms with E-state index in [0.29, 0.717) is 31.7 Å². The Balaban J connectivity index is 1.37. The van der Waals surface area contributed by atoms with Crippen molar-refractivity contribution in [3.63, 3.8) is 0 Å². The van der Waals surface area contributed by atoms with E-state index in [1.165, 1.54) is 0 Å². The summed E-state index contributed by atoms with van der Waals surface area (Å²) in [6.07, 6.45) is 0. The van der Waals surface area contributed by atoms with E-state index >= 15 is 0 Å². The maximum absolute atomic E-state index is 13.8. The molecule has 0 aromatic heterocycles. The third-order valence-electron chi connectivity index (χ3n) is 7.06. The maximum Gasteiger partial charge on any atom is 0.255 e. The normalized spacial score (nSPS) is 13.9. The van der Waals surface area contributed by atoms with Crippen molar-refractivity contribution < 1.29 is 9.59 Å². The molecule has 0 bridgehead atoms. The molecule has 1 saturated heterocycles. The van der Waals surface area contributed by atoms with Gasteiger partial charge in [0, 0.05) is 50.5 Å². The van der Waals surface area contributed by atoms with Crippen LogP contribution in [0, 0.1) is 0 Å². The lowest BCUT2D eigenvalue weighted by molar-refractivity contribution is 0.0749. The number of benzene rings is 4. The highest BCUT2D eigenvalue weighted by Crippen LogP contribution is 2.30. The van der Waals surface area contributed by atoms with Crippen molar-refractivity contribution >= 4 is 39.0 Å². The number of fused-ring (bicyclic) bond motifs is 2. The summed E-state index contributed by atoms with van der Waals surface area (Å²) in [4.78, 5) is 32.7. The predicted octanol–water partition coefficient (Wildman–Crippen LogP) is 5.44. The minimum Gasteiger partial charge on any atom is -0.368 e. The Labute approximate surface area is 206 Å². The largest absolute Gasteiger partial charge is 0.368 e. The molecule has 1 heterocycles. The highest BCUT2D eigenvalue weighted by Gasteiger charge is 2.25. The van der Waals surface area contributed by atoms with Gasteiger partial charge in [0.1, 0.15) is 0 Å². The molecule has 1 aliphatic heterocycles. The number of anilines is 1. The Kier molecular flexibility index (Phi) is 6.41. The van der Waals surface area contributed by atoms with Gasteiger partial charge < -0.3 is 14.7 Å². The molecular weight excluding hydrogens is 434 g/mol. The zero-order valence-corrected chi connectivity index (χ0v) is 20.4. The fourth-order valence-electron chi connectivity index (χ4n) is 5.10. The van der Waals surface area contributed by atoms with Gasteiger partial charge in [0.2, 0.25) is 0 Å². The molecule has 2 amide bonds. The summed E-state index contributed by atoms with van der Waals surface area (Å²) in [5.74, 6) is 0.150. The third kappa shape index (κ3) is 4.34. The molecule has 0 atom stereocenters. The van der Waals surface area contributed by atoms with Crippen LogP contribution in [0.2, 0.25) is 0 Å². The van der Waals surface area contributed by atoms with Gasteiger partial charge in [-0.1, -0.05) is 54.6 Å². The second kappa shape index (κ2) is 9.79. The van der Waals surface area contributed by atoms with E-state index < -0.39 is 0 Å². The van der Waals surface area contributed by atoms with Gasteiger partial charge in [0.15, 0.2) is 0 Å². The highest BCUT2D eigenvalue weighted by atomic mass is 16.2. The van der Waals surface area contributed by atoms with Gasteiger partial charge in [-0.05, 0) is 59.7 Å². The van der Waals surface area contributed by atoms with Crippen LogP contribution in [-0.4, -0.2) is 60.9 Å². The molecule has 0 spiro atoms. The first kappa shape index (κ1) is 22.9. The van der Waals surface area contributed by atoms with Crippen LogP contribution in [0.15, 0.2) is 78.9 Å². The average Bonchev–Trinajstić information content (AvgIpc) is 2.92. The first-order valence-corrected chi connectivity index (χ1v) is 12.4. The molecule has 4 aromatic carbocycles. The summed E-state index contributed by atoms with van der Waals surface area (Å²) < 4.78 is 0. The lowest BCUT2D eigenvalue weighted by atomic mass is 9.95. The maximum atomic E-state index is 13.8. The van der Waals surface area contributed by atoms with E-state index in [2.05, 4.69) is 29.2 Å². The van der Waals surface area contributed by atoms with E-state index in [-0.39, 0.29) is 11.8 Å². The number of piperazine rings is 1. The summed E-state index contributed by atoms with van der Waals surface area (Å²) in [5.41, 5.74) is 2.54. The summed E-state index contributed by atoms with van der Waals surface area (Å²) in [7, 11) is 0. The summed E-state index contributed by atoms with van der Waals surface area (Å²) in [5, 5.41) is 4.17. The molecule has 5 nitrogen and oxygen atoms in total. The molecule has 4 aromatic rings. The molecule has 1 aliphatic rings. The van der Waals surface area contributed by atoms with Crippen LogP contribution in [0.3, 0.4) is 0 Å². The molecule has 35 heavy (non-hydrogen) atoms. The van der Waals surface area contributed by atoms with Crippen molar-refractivity contribution in [3.8, 4) is 0 Å². The first-order chi connectivity index (χ1) is 17.1. The highest BCUT2D eigenvalue weighted by molar-refractivity contribution is 6.18. The fraction of sp³-hybridized carbons (Fsp3) is 0.267. The molecule has 0 radical (unpaired) electrons. The van der Waals surface area contributed by atoms with Crippen molar-refractivity contribution in [1.29, 1.82) is 0 Å². The molecule has 0 aliphatic carbocycles. The topological polar surface area (TPSA) is 43.9 Å². The van der Waals surface area contributed by atoms with E-state index in [0.717, 1.165) is 45.9 Å². The number of carbonyl (C=O) groups excluding carboxylic acids is 2. The minimum atomic E-state index is 0.0634. The summed E-state index contributed by atoms with van der Waals surface area (Å²) >= 11 is 0. The SMILES string of the molecule is CCN(CC)C(=O)c1cccc(N2CCN(C(=O)c3c4ccccc4cc4ccccc34)CC2)c1. The Bertz CT molecular complexity index is 1330. The second-order valence-corrected chi connectivity index (χ2v) is 9.00. The van der Waals surface area contributed by atoms with E-state index in [4.69, 9.17) is 0 Å². The molecular formula is C30H31N3O2. The van der Waals surface area contributed by atoms with Crippen LogP contribution >= 0.6 is 0 Å². The molecule has 0 unspecified atom stereocenters. The lowest BCUT2D eigenvalue weighted by Gasteiger charge is -2.36. The van der Waals surface area contributed by atoms with E-state index in [1.807, 2.05) is 78.2 Å². The molecule has 0 saturated carbocycles. The number of hydrogen-bond acceptors (Lipinski definition) is 3. The number of hydrogen-bond donors (Lipinski definition) is 0. The lowest BCUT2D eigenvalue weighted by Crippen LogP contribution is -2.49. The molecule has 0 N–H and O–H groups in total. The van der Waals surface area contributed by atoms with Crippen LogP contribution in [0.1, 0.15) is 34.6 Å². The molecule has 1 fully saturated rings. The van der Waals surface area contributed by atoms with Crippen LogP contribution in [0.4, 0.5) is 5.69 Å². The fourth-order valence-corrected chi connectivity index (χ4v) is 5.10.